The number of nitrogens with one attached hydrogen (secondary N) is 2. The second-order valence-corrected chi connectivity index (χ2v) is 9.79. The van der Waals surface area contributed by atoms with Crippen molar-refractivity contribution in [2.75, 3.05) is 25.9 Å². The van der Waals surface area contributed by atoms with E-state index in [1.165, 1.54) is 43.1 Å². The van der Waals surface area contributed by atoms with E-state index in [0.29, 0.717) is 28.3 Å². The number of rotatable bonds is 9. The Labute approximate surface area is 184 Å². The number of amides is 1. The lowest BCUT2D eigenvalue weighted by molar-refractivity contribution is -0.121. The molecule has 3 aromatic rings. The van der Waals surface area contributed by atoms with Gasteiger partial charge in [-0.25, -0.2) is 13.4 Å². The van der Waals surface area contributed by atoms with Crippen LogP contribution in [0.4, 0.5) is 0 Å². The average molecular weight is 466 g/mol. The molecule has 0 spiro atoms. The Morgan fingerprint density at radius 3 is 2.57 bits per heavy atom. The highest BCUT2D eigenvalue weighted by Gasteiger charge is 2.22. The Morgan fingerprint density at radius 1 is 1.17 bits per heavy atom. The first-order valence-electron chi connectivity index (χ1n) is 8.95. The molecular formula is C19H20ClN5O3S2. The summed E-state index contributed by atoms with van der Waals surface area (Å²) in [6.07, 6.45) is 0. The predicted octanol–water partition coefficient (Wildman–Crippen LogP) is 2.65. The lowest BCUT2D eigenvalue weighted by Gasteiger charge is -2.16. The SMILES string of the molecule is CN(CC(=O)NCCSc1n[nH]c(-c2ccccc2)n1)S(=O)(=O)c1ccc(Cl)cc1. The van der Waals surface area contributed by atoms with Crippen molar-refractivity contribution in [3.05, 3.63) is 59.6 Å². The quantitative estimate of drug-likeness (QED) is 0.371. The highest BCUT2D eigenvalue weighted by Crippen LogP contribution is 2.19. The first-order chi connectivity index (χ1) is 14.4. The van der Waals surface area contributed by atoms with Crippen LogP contribution in [0.5, 0.6) is 0 Å². The van der Waals surface area contributed by atoms with Gasteiger partial charge in [0.1, 0.15) is 0 Å². The zero-order valence-corrected chi connectivity index (χ0v) is 18.5. The van der Waals surface area contributed by atoms with Crippen LogP contribution in [-0.2, 0) is 14.8 Å². The summed E-state index contributed by atoms with van der Waals surface area (Å²) < 4.78 is 26.0. The number of aromatic nitrogens is 3. The standard InChI is InChI=1S/C19H20ClN5O3S2/c1-25(30(27,28)16-9-7-15(20)8-10-16)13-17(26)21-11-12-29-19-22-18(23-24-19)14-5-3-2-4-6-14/h2-10H,11-13H2,1H3,(H,21,26)(H,22,23,24). The fourth-order valence-electron chi connectivity index (χ4n) is 2.50. The van der Waals surface area contributed by atoms with Gasteiger partial charge in [-0.05, 0) is 24.3 Å². The highest BCUT2D eigenvalue weighted by atomic mass is 35.5. The van der Waals surface area contributed by atoms with Crippen molar-refractivity contribution in [3.63, 3.8) is 0 Å². The zero-order chi connectivity index (χ0) is 21.6. The minimum Gasteiger partial charge on any atom is -0.354 e. The van der Waals surface area contributed by atoms with Crippen molar-refractivity contribution in [1.29, 1.82) is 0 Å². The molecule has 2 N–H and O–H groups in total. The number of carbonyl (C=O) groups excluding carboxylic acids is 1. The molecule has 2 aromatic carbocycles. The molecule has 0 unspecified atom stereocenters. The van der Waals surface area contributed by atoms with Crippen LogP contribution in [0.25, 0.3) is 11.4 Å². The first kappa shape index (κ1) is 22.3. The van der Waals surface area contributed by atoms with Crippen molar-refractivity contribution in [2.45, 2.75) is 10.1 Å². The normalized spacial score (nSPS) is 11.6. The summed E-state index contributed by atoms with van der Waals surface area (Å²) in [5, 5.41) is 10.7. The van der Waals surface area contributed by atoms with Gasteiger partial charge in [-0.1, -0.05) is 53.7 Å². The van der Waals surface area contributed by atoms with Crippen molar-refractivity contribution < 1.29 is 13.2 Å². The summed E-state index contributed by atoms with van der Waals surface area (Å²) in [6.45, 7) is 0.0714. The van der Waals surface area contributed by atoms with Crippen LogP contribution in [0, 0.1) is 0 Å². The van der Waals surface area contributed by atoms with Crippen LogP contribution in [-0.4, -0.2) is 59.7 Å². The van der Waals surface area contributed by atoms with Crippen molar-refractivity contribution in [2.24, 2.45) is 0 Å². The van der Waals surface area contributed by atoms with Gasteiger partial charge in [0.15, 0.2) is 5.82 Å². The van der Waals surface area contributed by atoms with E-state index in [-0.39, 0.29) is 11.4 Å². The Bertz CT molecular complexity index is 1090. The average Bonchev–Trinajstić information content (AvgIpc) is 3.21. The van der Waals surface area contributed by atoms with Crippen molar-refractivity contribution >= 4 is 39.3 Å². The number of hydrogen-bond donors (Lipinski definition) is 2. The summed E-state index contributed by atoms with van der Waals surface area (Å²) in [4.78, 5) is 16.6. The molecule has 158 valence electrons. The Balaban J connectivity index is 1.44. The molecule has 0 fully saturated rings. The van der Waals surface area contributed by atoms with Gasteiger partial charge >= 0.3 is 0 Å². The maximum absolute atomic E-state index is 12.5. The van der Waals surface area contributed by atoms with E-state index in [2.05, 4.69) is 20.5 Å². The molecule has 1 amide bonds. The molecule has 30 heavy (non-hydrogen) atoms. The molecule has 0 saturated heterocycles. The molecule has 0 aliphatic rings. The number of hydrogen-bond acceptors (Lipinski definition) is 6. The number of sulfonamides is 1. The Hall–Kier alpha value is -2.40. The van der Waals surface area contributed by atoms with Gasteiger partial charge < -0.3 is 5.32 Å². The van der Waals surface area contributed by atoms with Gasteiger partial charge in [-0.2, -0.15) is 4.31 Å². The van der Waals surface area contributed by atoms with Gasteiger partial charge in [-0.3, -0.25) is 9.89 Å². The van der Waals surface area contributed by atoms with Crippen molar-refractivity contribution in [3.8, 4) is 11.4 Å². The summed E-state index contributed by atoms with van der Waals surface area (Å²) in [6, 6.07) is 15.4. The lowest BCUT2D eigenvalue weighted by atomic mass is 10.2. The van der Waals surface area contributed by atoms with E-state index in [0.717, 1.165) is 9.87 Å². The molecule has 0 bridgehead atoms. The fraction of sp³-hybridized carbons (Fsp3) is 0.211. The first-order valence-corrected chi connectivity index (χ1v) is 11.8. The lowest BCUT2D eigenvalue weighted by Crippen LogP contribution is -2.39. The molecule has 0 radical (unpaired) electrons. The maximum Gasteiger partial charge on any atom is 0.243 e. The third kappa shape index (κ3) is 5.82. The minimum absolute atomic E-state index is 0.0802. The topological polar surface area (TPSA) is 108 Å². The minimum atomic E-state index is -3.76. The van der Waals surface area contributed by atoms with Gasteiger partial charge in [0, 0.05) is 29.9 Å². The van der Waals surface area contributed by atoms with E-state index < -0.39 is 15.9 Å². The zero-order valence-electron chi connectivity index (χ0n) is 16.1. The summed E-state index contributed by atoms with van der Waals surface area (Å²) in [7, 11) is -2.41. The van der Waals surface area contributed by atoms with E-state index in [9.17, 15) is 13.2 Å². The maximum atomic E-state index is 12.5. The number of nitrogens with zero attached hydrogens (tertiary/aromatic N) is 3. The summed E-state index contributed by atoms with van der Waals surface area (Å²) >= 11 is 7.18. The Kier molecular flexibility index (Phi) is 7.48. The molecule has 0 aliphatic carbocycles. The fourth-order valence-corrected chi connectivity index (χ4v) is 4.40. The molecule has 11 heteroatoms. The molecular weight excluding hydrogens is 446 g/mol. The van der Waals surface area contributed by atoms with Crippen LogP contribution < -0.4 is 5.32 Å². The van der Waals surface area contributed by atoms with Crippen LogP contribution in [0.1, 0.15) is 0 Å². The number of carbonyl (C=O) groups is 1. The van der Waals surface area contributed by atoms with E-state index >= 15 is 0 Å². The number of aromatic amines is 1. The molecule has 1 heterocycles. The number of benzene rings is 2. The molecule has 0 saturated carbocycles. The predicted molar refractivity (Wildman–Crippen MR) is 117 cm³/mol. The van der Waals surface area contributed by atoms with Gasteiger partial charge in [0.05, 0.1) is 11.4 Å². The third-order valence-electron chi connectivity index (χ3n) is 4.06. The van der Waals surface area contributed by atoms with E-state index in [1.807, 2.05) is 30.3 Å². The van der Waals surface area contributed by atoms with Crippen LogP contribution in [0.2, 0.25) is 5.02 Å². The van der Waals surface area contributed by atoms with Gasteiger partial charge in [0.2, 0.25) is 21.1 Å². The van der Waals surface area contributed by atoms with Crippen LogP contribution in [0.3, 0.4) is 0 Å². The number of H-pyrrole nitrogens is 1. The number of likely N-dealkylation sites (N-methyl/N-ethyl adjacent to an activating group) is 1. The van der Waals surface area contributed by atoms with Crippen LogP contribution >= 0.6 is 23.4 Å². The van der Waals surface area contributed by atoms with Crippen LogP contribution in [0.15, 0.2) is 64.6 Å². The second kappa shape index (κ2) is 10.1. The van der Waals surface area contributed by atoms with Gasteiger partial charge in [0.25, 0.3) is 0 Å². The smallest absolute Gasteiger partial charge is 0.243 e. The van der Waals surface area contributed by atoms with E-state index in [4.69, 9.17) is 11.6 Å². The Morgan fingerprint density at radius 2 is 1.87 bits per heavy atom. The molecule has 8 nitrogen and oxygen atoms in total. The molecule has 3 rings (SSSR count). The number of thioether (sulfide) groups is 1. The van der Waals surface area contributed by atoms with Gasteiger partial charge in [-0.15, -0.1) is 5.10 Å². The summed E-state index contributed by atoms with van der Waals surface area (Å²) in [5.41, 5.74) is 0.940. The largest absolute Gasteiger partial charge is 0.354 e. The second-order valence-electron chi connectivity index (χ2n) is 6.25. The highest BCUT2D eigenvalue weighted by molar-refractivity contribution is 7.99. The number of halogens is 1. The monoisotopic (exact) mass is 465 g/mol. The van der Waals surface area contributed by atoms with Crippen molar-refractivity contribution in [1.82, 2.24) is 24.8 Å². The molecule has 0 atom stereocenters. The van der Waals surface area contributed by atoms with E-state index in [1.54, 1.807) is 0 Å². The molecule has 0 aliphatic heterocycles. The summed E-state index contributed by atoms with van der Waals surface area (Å²) in [5.74, 6) is 0.831. The third-order valence-corrected chi connectivity index (χ3v) is 6.97. The molecule has 1 aromatic heterocycles.